The molecule has 0 radical (unpaired) electrons. The molecule has 0 unspecified atom stereocenters. The minimum atomic E-state index is -0.470. The number of nitrogens with one attached hydrogen (secondary N) is 1. The van der Waals surface area contributed by atoms with Gasteiger partial charge in [-0.25, -0.2) is 4.79 Å². The molecule has 0 spiro atoms. The number of hydrogen-bond acceptors (Lipinski definition) is 3. The van der Waals surface area contributed by atoms with Crippen LogP contribution in [0.3, 0.4) is 0 Å². The highest BCUT2D eigenvalue weighted by Crippen LogP contribution is 2.38. The maximum Gasteiger partial charge on any atom is 0.408 e. The molecular weight excluding hydrogens is 240 g/mol. The summed E-state index contributed by atoms with van der Waals surface area (Å²) in [7, 11) is 0. The number of carbonyl (C=O) groups excluding carboxylic acids is 1. The largest absolute Gasteiger partial charge is 0.444 e. The van der Waals surface area contributed by atoms with Gasteiger partial charge in [0.15, 0.2) is 0 Å². The Bertz CT molecular complexity index is 431. The Morgan fingerprint density at radius 3 is 2.37 bits per heavy atom. The van der Waals surface area contributed by atoms with Crippen LogP contribution in [0.5, 0.6) is 0 Å². The molecule has 0 aromatic carbocycles. The number of aromatic nitrogens is 1. The van der Waals surface area contributed by atoms with Gasteiger partial charge in [0.2, 0.25) is 0 Å². The van der Waals surface area contributed by atoms with E-state index in [1.54, 1.807) is 12.4 Å². The van der Waals surface area contributed by atoms with Crippen LogP contribution in [0.2, 0.25) is 0 Å². The van der Waals surface area contributed by atoms with Crippen molar-refractivity contribution in [2.45, 2.75) is 57.6 Å². The fourth-order valence-electron chi connectivity index (χ4n) is 2.63. The Morgan fingerprint density at radius 2 is 1.84 bits per heavy atom. The topological polar surface area (TPSA) is 51.2 Å². The summed E-state index contributed by atoms with van der Waals surface area (Å²) in [6.45, 7) is 5.63. The van der Waals surface area contributed by atoms with Crippen molar-refractivity contribution in [1.82, 2.24) is 10.3 Å². The molecule has 0 aliphatic heterocycles. The van der Waals surface area contributed by atoms with Gasteiger partial charge in [0.25, 0.3) is 0 Å². The summed E-state index contributed by atoms with van der Waals surface area (Å²) in [4.78, 5) is 16.1. The number of rotatable bonds is 2. The lowest BCUT2D eigenvalue weighted by Crippen LogP contribution is -2.46. The molecule has 1 N–H and O–H groups in total. The molecule has 1 aromatic rings. The van der Waals surface area contributed by atoms with Crippen molar-refractivity contribution in [3.63, 3.8) is 0 Å². The molecule has 4 nitrogen and oxygen atoms in total. The molecule has 1 heterocycles. The third-order valence-corrected chi connectivity index (χ3v) is 3.43. The van der Waals surface area contributed by atoms with E-state index in [2.05, 4.69) is 10.3 Å². The third-order valence-electron chi connectivity index (χ3n) is 3.43. The summed E-state index contributed by atoms with van der Waals surface area (Å²) in [6.07, 6.45) is 7.35. The van der Waals surface area contributed by atoms with Gasteiger partial charge in [-0.05, 0) is 51.3 Å². The van der Waals surface area contributed by atoms with Gasteiger partial charge in [-0.1, -0.05) is 12.8 Å². The van der Waals surface area contributed by atoms with E-state index in [1.165, 1.54) is 0 Å². The van der Waals surface area contributed by atoms with Gasteiger partial charge in [0, 0.05) is 12.4 Å². The van der Waals surface area contributed by atoms with Crippen LogP contribution in [-0.2, 0) is 10.3 Å². The van der Waals surface area contributed by atoms with Crippen molar-refractivity contribution >= 4 is 6.09 Å². The second kappa shape index (κ2) is 5.19. The number of amides is 1. The summed E-state index contributed by atoms with van der Waals surface area (Å²) < 4.78 is 5.38. The van der Waals surface area contributed by atoms with E-state index < -0.39 is 5.60 Å². The summed E-state index contributed by atoms with van der Waals surface area (Å²) in [6, 6.07) is 3.95. The number of carbonyl (C=O) groups is 1. The Labute approximate surface area is 114 Å². The zero-order chi connectivity index (χ0) is 13.9. The zero-order valence-corrected chi connectivity index (χ0v) is 11.9. The maximum atomic E-state index is 12.0. The number of pyridine rings is 1. The van der Waals surface area contributed by atoms with Gasteiger partial charge >= 0.3 is 6.09 Å². The van der Waals surface area contributed by atoms with Crippen LogP contribution in [0, 0.1) is 0 Å². The van der Waals surface area contributed by atoms with E-state index in [0.717, 1.165) is 31.2 Å². The summed E-state index contributed by atoms with van der Waals surface area (Å²) >= 11 is 0. The Balaban J connectivity index is 2.15. The van der Waals surface area contributed by atoms with E-state index >= 15 is 0 Å². The maximum absolute atomic E-state index is 12.0. The second-order valence-corrected chi connectivity index (χ2v) is 6.15. The predicted octanol–water partition coefficient (Wildman–Crippen LogP) is 3.38. The highest BCUT2D eigenvalue weighted by Gasteiger charge is 2.38. The number of hydrogen-bond donors (Lipinski definition) is 1. The van der Waals surface area contributed by atoms with Crippen LogP contribution in [-0.4, -0.2) is 16.7 Å². The quantitative estimate of drug-likeness (QED) is 0.889. The van der Waals surface area contributed by atoms with Gasteiger partial charge < -0.3 is 10.1 Å². The van der Waals surface area contributed by atoms with Crippen LogP contribution in [0.15, 0.2) is 24.5 Å². The van der Waals surface area contributed by atoms with Crippen LogP contribution >= 0.6 is 0 Å². The first kappa shape index (κ1) is 13.8. The lowest BCUT2D eigenvalue weighted by atomic mass is 9.89. The lowest BCUT2D eigenvalue weighted by Gasteiger charge is -2.32. The Hall–Kier alpha value is -1.58. The fourth-order valence-corrected chi connectivity index (χ4v) is 2.63. The first-order valence-electron chi connectivity index (χ1n) is 6.83. The molecule has 0 saturated heterocycles. The van der Waals surface area contributed by atoms with E-state index in [9.17, 15) is 4.79 Å². The van der Waals surface area contributed by atoms with E-state index in [1.807, 2.05) is 32.9 Å². The van der Waals surface area contributed by atoms with Crippen molar-refractivity contribution in [3.05, 3.63) is 30.1 Å². The number of nitrogens with zero attached hydrogens (tertiary/aromatic N) is 1. The molecule has 0 atom stereocenters. The van der Waals surface area contributed by atoms with Crippen LogP contribution < -0.4 is 5.32 Å². The minimum absolute atomic E-state index is 0.286. The summed E-state index contributed by atoms with van der Waals surface area (Å²) in [5.41, 5.74) is 0.360. The fraction of sp³-hybridized carbons (Fsp3) is 0.600. The average molecular weight is 262 g/mol. The highest BCUT2D eigenvalue weighted by atomic mass is 16.6. The van der Waals surface area contributed by atoms with Crippen LogP contribution in [0.25, 0.3) is 0 Å². The molecule has 1 fully saturated rings. The van der Waals surface area contributed by atoms with Crippen molar-refractivity contribution in [2.24, 2.45) is 0 Å². The van der Waals surface area contributed by atoms with Gasteiger partial charge in [-0.15, -0.1) is 0 Å². The molecule has 1 aliphatic rings. The van der Waals surface area contributed by atoms with Gasteiger partial charge in [0.1, 0.15) is 5.60 Å². The molecule has 0 bridgehead atoms. The molecule has 104 valence electrons. The van der Waals surface area contributed by atoms with E-state index in [4.69, 9.17) is 4.74 Å². The highest BCUT2D eigenvalue weighted by molar-refractivity contribution is 5.69. The summed E-state index contributed by atoms with van der Waals surface area (Å²) in [5, 5.41) is 3.08. The van der Waals surface area contributed by atoms with Crippen molar-refractivity contribution < 1.29 is 9.53 Å². The number of ether oxygens (including phenoxy) is 1. The lowest BCUT2D eigenvalue weighted by molar-refractivity contribution is 0.0453. The normalized spacial score (nSPS) is 18.1. The molecule has 2 rings (SSSR count). The van der Waals surface area contributed by atoms with Crippen molar-refractivity contribution in [1.29, 1.82) is 0 Å². The first-order valence-corrected chi connectivity index (χ1v) is 6.83. The first-order chi connectivity index (χ1) is 8.91. The molecule has 4 heteroatoms. The SMILES string of the molecule is CC(C)(C)OC(=O)NC1(c2ccncc2)CCCC1. The minimum Gasteiger partial charge on any atom is -0.444 e. The summed E-state index contributed by atoms with van der Waals surface area (Å²) in [5.74, 6) is 0. The molecular formula is C15H22N2O2. The molecule has 1 aliphatic carbocycles. The Morgan fingerprint density at radius 1 is 1.26 bits per heavy atom. The van der Waals surface area contributed by atoms with Gasteiger partial charge in [0.05, 0.1) is 5.54 Å². The van der Waals surface area contributed by atoms with Crippen LogP contribution in [0.1, 0.15) is 52.0 Å². The standard InChI is InChI=1S/C15H22N2O2/c1-14(2,3)19-13(18)17-15(8-4-5-9-15)12-6-10-16-11-7-12/h6-7,10-11H,4-5,8-9H2,1-3H3,(H,17,18). The second-order valence-electron chi connectivity index (χ2n) is 6.15. The predicted molar refractivity (Wildman–Crippen MR) is 73.8 cm³/mol. The number of alkyl carbamates (subject to hydrolysis) is 1. The molecule has 1 aromatic heterocycles. The zero-order valence-electron chi connectivity index (χ0n) is 11.9. The monoisotopic (exact) mass is 262 g/mol. The van der Waals surface area contributed by atoms with E-state index in [0.29, 0.717) is 0 Å². The van der Waals surface area contributed by atoms with Gasteiger partial charge in [-0.3, -0.25) is 4.98 Å². The Kier molecular flexibility index (Phi) is 3.78. The molecule has 1 amide bonds. The molecule has 1 saturated carbocycles. The third kappa shape index (κ3) is 3.46. The van der Waals surface area contributed by atoms with Crippen LogP contribution in [0.4, 0.5) is 4.79 Å². The van der Waals surface area contributed by atoms with Gasteiger partial charge in [-0.2, -0.15) is 0 Å². The van der Waals surface area contributed by atoms with E-state index in [-0.39, 0.29) is 11.6 Å². The molecule has 19 heavy (non-hydrogen) atoms. The smallest absolute Gasteiger partial charge is 0.408 e. The average Bonchev–Trinajstić information content (AvgIpc) is 2.77. The van der Waals surface area contributed by atoms with Crippen molar-refractivity contribution in [2.75, 3.05) is 0 Å². The van der Waals surface area contributed by atoms with Crippen molar-refractivity contribution in [3.8, 4) is 0 Å².